The van der Waals surface area contributed by atoms with Crippen LogP contribution in [0.4, 0.5) is 0 Å². The molecule has 0 saturated heterocycles. The molecule has 1 unspecified atom stereocenters. The monoisotopic (exact) mass is 279 g/mol. The van der Waals surface area contributed by atoms with Crippen molar-refractivity contribution in [1.82, 2.24) is 0 Å². The summed E-state index contributed by atoms with van der Waals surface area (Å²) in [5.41, 5.74) is 1.68. The van der Waals surface area contributed by atoms with E-state index < -0.39 is 15.2 Å². The van der Waals surface area contributed by atoms with Crippen molar-refractivity contribution in [1.29, 1.82) is 0 Å². The Morgan fingerprint density at radius 3 is 2.39 bits per heavy atom. The first-order chi connectivity index (χ1) is 8.55. The van der Waals surface area contributed by atoms with Crippen LogP contribution in [0.25, 0.3) is 0 Å². The van der Waals surface area contributed by atoms with Gasteiger partial charge in [0.15, 0.2) is 5.37 Å². The van der Waals surface area contributed by atoms with E-state index in [1.807, 2.05) is 12.3 Å². The van der Waals surface area contributed by atoms with Crippen LogP contribution >= 0.6 is 11.3 Å². The summed E-state index contributed by atoms with van der Waals surface area (Å²) in [5.74, 6) is 0. The maximum atomic E-state index is 12.4. The van der Waals surface area contributed by atoms with Crippen molar-refractivity contribution in [2.24, 2.45) is 4.99 Å². The fourth-order valence-corrected chi connectivity index (χ4v) is 3.89. The molecule has 0 aliphatic heterocycles. The van der Waals surface area contributed by atoms with Crippen LogP contribution in [-0.4, -0.2) is 15.1 Å². The molecule has 1 aromatic carbocycles. The second-order valence-corrected chi connectivity index (χ2v) is 6.74. The number of hydrogen-bond donors (Lipinski definition) is 0. The second kappa shape index (κ2) is 5.04. The minimum absolute atomic E-state index is 0.275. The van der Waals surface area contributed by atoms with E-state index >= 15 is 0 Å². The molecule has 0 N–H and O–H groups in total. The third kappa shape index (κ3) is 2.37. The zero-order chi connectivity index (χ0) is 13.2. The fourth-order valence-electron chi connectivity index (χ4n) is 1.66. The Kier molecular flexibility index (Phi) is 3.63. The summed E-state index contributed by atoms with van der Waals surface area (Å²) in [6.07, 6.45) is 0. The molecule has 5 heteroatoms. The Balaban J connectivity index is 2.47. The largest absolute Gasteiger partial charge is 0.276 e. The van der Waals surface area contributed by atoms with Gasteiger partial charge in [0.2, 0.25) is 9.84 Å². The van der Waals surface area contributed by atoms with Crippen LogP contribution in [0.5, 0.6) is 0 Å². The Morgan fingerprint density at radius 2 is 1.89 bits per heavy atom. The van der Waals surface area contributed by atoms with Gasteiger partial charge in [-0.25, -0.2) is 8.42 Å². The molecule has 0 bridgehead atoms. The summed E-state index contributed by atoms with van der Waals surface area (Å²) >= 11 is 1.44. The van der Waals surface area contributed by atoms with Gasteiger partial charge in [0.05, 0.1) is 4.90 Å². The standard InChI is InChI=1S/C13H13NO2S2/c1-10-3-5-12(6-4-10)18(15,16)13(14-2)11-7-8-17-9-11/h3-9,13H,2H2,1H3. The van der Waals surface area contributed by atoms with Crippen molar-refractivity contribution in [3.05, 3.63) is 52.2 Å². The molecule has 1 atom stereocenters. The Hall–Kier alpha value is -1.46. The molecule has 0 aliphatic rings. The van der Waals surface area contributed by atoms with Crippen LogP contribution in [-0.2, 0) is 9.84 Å². The third-order valence-electron chi connectivity index (χ3n) is 2.64. The van der Waals surface area contributed by atoms with E-state index in [0.29, 0.717) is 5.56 Å². The SMILES string of the molecule is C=NC(c1ccsc1)S(=O)(=O)c1ccc(C)cc1. The quantitative estimate of drug-likeness (QED) is 0.807. The molecule has 0 spiro atoms. The molecule has 18 heavy (non-hydrogen) atoms. The van der Waals surface area contributed by atoms with Crippen LogP contribution in [0.1, 0.15) is 16.5 Å². The molecule has 0 aliphatic carbocycles. The molecule has 2 aromatic rings. The van der Waals surface area contributed by atoms with E-state index in [1.54, 1.807) is 35.7 Å². The van der Waals surface area contributed by atoms with Crippen LogP contribution in [0.15, 0.2) is 51.0 Å². The van der Waals surface area contributed by atoms with Gasteiger partial charge >= 0.3 is 0 Å². The van der Waals surface area contributed by atoms with Gasteiger partial charge in [0.25, 0.3) is 0 Å². The van der Waals surface area contributed by atoms with Crippen LogP contribution in [0, 0.1) is 6.92 Å². The predicted octanol–water partition coefficient (Wildman–Crippen LogP) is 3.23. The molecular formula is C13H13NO2S2. The van der Waals surface area contributed by atoms with Gasteiger partial charge in [0, 0.05) is 5.56 Å². The molecule has 0 radical (unpaired) electrons. The van der Waals surface area contributed by atoms with Gasteiger partial charge in [-0.1, -0.05) is 17.7 Å². The Morgan fingerprint density at radius 1 is 1.22 bits per heavy atom. The lowest BCUT2D eigenvalue weighted by molar-refractivity contribution is 0.584. The molecule has 2 rings (SSSR count). The number of hydrogen-bond acceptors (Lipinski definition) is 4. The van der Waals surface area contributed by atoms with E-state index in [1.165, 1.54) is 11.3 Å². The first-order valence-electron chi connectivity index (χ1n) is 5.34. The van der Waals surface area contributed by atoms with E-state index in [-0.39, 0.29) is 4.90 Å². The summed E-state index contributed by atoms with van der Waals surface area (Å²) in [7, 11) is -3.51. The first-order valence-corrected chi connectivity index (χ1v) is 7.83. The third-order valence-corrected chi connectivity index (χ3v) is 5.28. The zero-order valence-electron chi connectivity index (χ0n) is 9.91. The number of nitrogens with zero attached hydrogens (tertiary/aromatic N) is 1. The molecule has 0 amide bonds. The van der Waals surface area contributed by atoms with Crippen molar-refractivity contribution >= 4 is 27.9 Å². The second-order valence-electron chi connectivity index (χ2n) is 3.95. The van der Waals surface area contributed by atoms with Gasteiger partial charge in [-0.05, 0) is 42.6 Å². The molecule has 94 valence electrons. The number of sulfone groups is 1. The van der Waals surface area contributed by atoms with Gasteiger partial charge in [-0.2, -0.15) is 11.3 Å². The molecule has 1 heterocycles. The number of benzene rings is 1. The maximum absolute atomic E-state index is 12.4. The van der Waals surface area contributed by atoms with Crippen molar-refractivity contribution < 1.29 is 8.42 Å². The number of thiophene rings is 1. The minimum atomic E-state index is -3.51. The number of aliphatic imine (C=N–C) groups is 1. The summed E-state index contributed by atoms with van der Waals surface area (Å²) in [6.45, 7) is 5.32. The predicted molar refractivity (Wildman–Crippen MR) is 75.0 cm³/mol. The van der Waals surface area contributed by atoms with Crippen LogP contribution in [0.2, 0.25) is 0 Å². The van der Waals surface area contributed by atoms with E-state index in [9.17, 15) is 8.42 Å². The van der Waals surface area contributed by atoms with Crippen molar-refractivity contribution in [3.8, 4) is 0 Å². The lowest BCUT2D eigenvalue weighted by Gasteiger charge is -2.12. The molecule has 1 aromatic heterocycles. The minimum Gasteiger partial charge on any atom is -0.276 e. The Labute approximate surface area is 111 Å². The average Bonchev–Trinajstić information content (AvgIpc) is 2.84. The van der Waals surface area contributed by atoms with Gasteiger partial charge < -0.3 is 0 Å². The highest BCUT2D eigenvalue weighted by Crippen LogP contribution is 2.31. The summed E-state index contributed by atoms with van der Waals surface area (Å²) < 4.78 is 24.9. The van der Waals surface area contributed by atoms with Crippen molar-refractivity contribution in [2.45, 2.75) is 17.2 Å². The summed E-state index contributed by atoms with van der Waals surface area (Å²) in [5, 5.41) is 2.69. The summed E-state index contributed by atoms with van der Waals surface area (Å²) in [6, 6.07) is 8.53. The van der Waals surface area contributed by atoms with Gasteiger partial charge in [-0.3, -0.25) is 4.99 Å². The summed E-state index contributed by atoms with van der Waals surface area (Å²) in [4.78, 5) is 4.04. The lowest BCUT2D eigenvalue weighted by atomic mass is 10.2. The highest BCUT2D eigenvalue weighted by Gasteiger charge is 2.27. The Bertz CT molecular complexity index is 628. The fraction of sp³-hybridized carbons (Fsp3) is 0.154. The first kappa shape index (κ1) is 13.0. The number of rotatable bonds is 4. The highest BCUT2D eigenvalue weighted by atomic mass is 32.2. The molecule has 0 fully saturated rings. The molecule has 3 nitrogen and oxygen atoms in total. The highest BCUT2D eigenvalue weighted by molar-refractivity contribution is 7.91. The molecular weight excluding hydrogens is 266 g/mol. The van der Waals surface area contributed by atoms with Crippen molar-refractivity contribution in [3.63, 3.8) is 0 Å². The average molecular weight is 279 g/mol. The van der Waals surface area contributed by atoms with Crippen LogP contribution in [0.3, 0.4) is 0 Å². The van der Waals surface area contributed by atoms with Crippen molar-refractivity contribution in [2.75, 3.05) is 0 Å². The number of aryl methyl sites for hydroxylation is 1. The van der Waals surface area contributed by atoms with Crippen LogP contribution < -0.4 is 0 Å². The maximum Gasteiger partial charge on any atom is 0.205 e. The van der Waals surface area contributed by atoms with Gasteiger partial charge in [0.1, 0.15) is 0 Å². The smallest absolute Gasteiger partial charge is 0.205 e. The molecule has 0 saturated carbocycles. The van der Waals surface area contributed by atoms with E-state index in [2.05, 4.69) is 11.7 Å². The van der Waals surface area contributed by atoms with Gasteiger partial charge in [-0.15, -0.1) is 0 Å². The normalized spacial score (nSPS) is 13.2. The lowest BCUT2D eigenvalue weighted by Crippen LogP contribution is -2.11. The zero-order valence-corrected chi connectivity index (χ0v) is 11.5. The van der Waals surface area contributed by atoms with E-state index in [0.717, 1.165) is 5.56 Å². The topological polar surface area (TPSA) is 46.5 Å². The van der Waals surface area contributed by atoms with E-state index in [4.69, 9.17) is 0 Å².